The number of nitro groups is 1. The van der Waals surface area contributed by atoms with Gasteiger partial charge in [0.1, 0.15) is 5.02 Å². The van der Waals surface area contributed by atoms with E-state index in [1.54, 1.807) is 36.7 Å². The maximum atomic E-state index is 12.6. The van der Waals surface area contributed by atoms with E-state index in [9.17, 15) is 19.7 Å². The minimum absolute atomic E-state index is 0.0181. The van der Waals surface area contributed by atoms with Gasteiger partial charge in [0.25, 0.3) is 17.5 Å². The van der Waals surface area contributed by atoms with Gasteiger partial charge in [-0.15, -0.1) is 0 Å². The molecule has 1 aromatic heterocycles. The molecule has 0 unspecified atom stereocenters. The Morgan fingerprint density at radius 2 is 1.85 bits per heavy atom. The molecule has 0 saturated carbocycles. The Morgan fingerprint density at radius 1 is 1.12 bits per heavy atom. The molecule has 10 heteroatoms. The van der Waals surface area contributed by atoms with Crippen molar-refractivity contribution in [3.05, 3.63) is 93.3 Å². The van der Waals surface area contributed by atoms with E-state index in [0.29, 0.717) is 37.4 Å². The molecule has 1 saturated heterocycles. The number of anilines is 2. The third kappa shape index (κ3) is 5.09. The molecule has 1 aliphatic rings. The quantitative estimate of drug-likeness (QED) is 0.456. The van der Waals surface area contributed by atoms with Gasteiger partial charge in [-0.1, -0.05) is 11.6 Å². The maximum Gasteiger partial charge on any atom is 0.288 e. The zero-order valence-corrected chi connectivity index (χ0v) is 18.2. The first-order valence-corrected chi connectivity index (χ1v) is 10.5. The number of nitrogens with one attached hydrogen (secondary N) is 1. The maximum absolute atomic E-state index is 12.6. The number of carbonyl (C=O) groups is 2. The molecular weight excluding hydrogens is 446 g/mol. The summed E-state index contributed by atoms with van der Waals surface area (Å²) in [6, 6.07) is 15.7. The molecule has 167 valence electrons. The highest BCUT2D eigenvalue weighted by Crippen LogP contribution is 2.26. The zero-order valence-electron chi connectivity index (χ0n) is 17.4. The average molecular weight is 465 g/mol. The molecule has 0 spiro atoms. The smallest absolute Gasteiger partial charge is 0.288 e. The molecule has 0 atom stereocenters. The number of nitro benzene ring substituents is 1. The summed E-state index contributed by atoms with van der Waals surface area (Å²) in [5.41, 5.74) is 1.76. The Balaban J connectivity index is 1.35. The second kappa shape index (κ2) is 9.66. The third-order valence-corrected chi connectivity index (χ3v) is 5.59. The lowest BCUT2D eigenvalue weighted by Crippen LogP contribution is -2.48. The predicted molar refractivity (Wildman–Crippen MR) is 124 cm³/mol. The van der Waals surface area contributed by atoms with Crippen LogP contribution < -0.4 is 10.2 Å². The Morgan fingerprint density at radius 3 is 2.48 bits per heavy atom. The summed E-state index contributed by atoms with van der Waals surface area (Å²) < 4.78 is 0. The first-order valence-electron chi connectivity index (χ1n) is 10.1. The Bertz CT molecular complexity index is 1180. The minimum Gasteiger partial charge on any atom is -0.368 e. The van der Waals surface area contributed by atoms with Crippen molar-refractivity contribution in [3.63, 3.8) is 0 Å². The van der Waals surface area contributed by atoms with Gasteiger partial charge in [-0.2, -0.15) is 0 Å². The van der Waals surface area contributed by atoms with Crippen LogP contribution in [0.1, 0.15) is 20.7 Å². The molecular formula is C23H19ClN5O4. The lowest BCUT2D eigenvalue weighted by molar-refractivity contribution is -0.384. The van der Waals surface area contributed by atoms with Crippen molar-refractivity contribution in [1.82, 2.24) is 9.88 Å². The molecule has 2 heterocycles. The van der Waals surface area contributed by atoms with Crippen molar-refractivity contribution in [3.8, 4) is 0 Å². The lowest BCUT2D eigenvalue weighted by Gasteiger charge is -2.36. The molecule has 2 amide bonds. The van der Waals surface area contributed by atoms with E-state index in [1.165, 1.54) is 6.07 Å². The highest BCUT2D eigenvalue weighted by molar-refractivity contribution is 6.32. The number of benzene rings is 2. The van der Waals surface area contributed by atoms with E-state index in [1.807, 2.05) is 17.0 Å². The summed E-state index contributed by atoms with van der Waals surface area (Å²) in [7, 11) is 0. The van der Waals surface area contributed by atoms with Crippen LogP contribution >= 0.6 is 11.6 Å². The summed E-state index contributed by atoms with van der Waals surface area (Å²) in [4.78, 5) is 43.4. The molecule has 1 radical (unpaired) electrons. The van der Waals surface area contributed by atoms with Crippen LogP contribution in [0, 0.1) is 16.2 Å². The molecule has 1 aliphatic heterocycles. The second-order valence-electron chi connectivity index (χ2n) is 7.36. The Labute approximate surface area is 194 Å². The first kappa shape index (κ1) is 22.2. The van der Waals surface area contributed by atoms with E-state index < -0.39 is 10.8 Å². The monoisotopic (exact) mass is 464 g/mol. The van der Waals surface area contributed by atoms with Crippen molar-refractivity contribution < 1.29 is 14.5 Å². The van der Waals surface area contributed by atoms with Gasteiger partial charge in [-0.05, 0) is 48.5 Å². The van der Waals surface area contributed by atoms with Gasteiger partial charge in [-0.3, -0.25) is 24.7 Å². The van der Waals surface area contributed by atoms with E-state index in [0.717, 1.165) is 11.8 Å². The van der Waals surface area contributed by atoms with Crippen molar-refractivity contribution in [1.29, 1.82) is 0 Å². The predicted octanol–water partition coefficient (Wildman–Crippen LogP) is 3.66. The molecule has 1 fully saturated rings. The van der Waals surface area contributed by atoms with Crippen molar-refractivity contribution >= 4 is 40.5 Å². The van der Waals surface area contributed by atoms with E-state index in [4.69, 9.17) is 11.6 Å². The van der Waals surface area contributed by atoms with Crippen LogP contribution in [0.15, 0.2) is 60.9 Å². The average Bonchev–Trinajstić information content (AvgIpc) is 2.85. The largest absolute Gasteiger partial charge is 0.368 e. The lowest BCUT2D eigenvalue weighted by atomic mass is 10.1. The van der Waals surface area contributed by atoms with Crippen LogP contribution in [-0.4, -0.2) is 52.8 Å². The van der Waals surface area contributed by atoms with Crippen LogP contribution in [0.3, 0.4) is 0 Å². The second-order valence-corrected chi connectivity index (χ2v) is 7.77. The normalized spacial score (nSPS) is 13.5. The van der Waals surface area contributed by atoms with Gasteiger partial charge in [0, 0.05) is 56.0 Å². The number of amides is 2. The fourth-order valence-electron chi connectivity index (χ4n) is 3.53. The van der Waals surface area contributed by atoms with Crippen LogP contribution in [0.2, 0.25) is 5.02 Å². The number of carbonyl (C=O) groups excluding carboxylic acids is 2. The SMILES string of the molecule is O=C(Nc1ccc(N2CCN(C(=O)c3cccnc3)CC2)cc1)c1[c]cc(Cl)c([N+](=O)[O-])c1. The topological polar surface area (TPSA) is 109 Å². The molecule has 0 bridgehead atoms. The number of hydrogen-bond donors (Lipinski definition) is 1. The molecule has 3 aromatic rings. The fourth-order valence-corrected chi connectivity index (χ4v) is 3.71. The molecule has 0 aliphatic carbocycles. The fraction of sp³-hybridized carbons (Fsp3) is 0.174. The first-order chi connectivity index (χ1) is 15.9. The third-order valence-electron chi connectivity index (χ3n) is 5.29. The molecule has 9 nitrogen and oxygen atoms in total. The number of halogens is 1. The van der Waals surface area contributed by atoms with Crippen LogP contribution in [-0.2, 0) is 0 Å². The highest BCUT2D eigenvalue weighted by atomic mass is 35.5. The number of hydrogen-bond acceptors (Lipinski definition) is 6. The molecule has 1 N–H and O–H groups in total. The number of aromatic nitrogens is 1. The highest BCUT2D eigenvalue weighted by Gasteiger charge is 2.22. The number of piperazine rings is 1. The van der Waals surface area contributed by atoms with Crippen LogP contribution in [0.25, 0.3) is 0 Å². The van der Waals surface area contributed by atoms with Crippen molar-refractivity contribution in [2.24, 2.45) is 0 Å². The molecule has 2 aromatic carbocycles. The standard InChI is InChI=1S/C23H19ClN5O4/c24-20-8-3-16(14-21(20)29(32)33)22(30)26-18-4-6-19(7-5-18)27-10-12-28(13-11-27)23(31)17-2-1-9-25-15-17/h1-2,4-9,14-15H,10-13H2,(H,26,30). The van der Waals surface area contributed by atoms with Gasteiger partial charge in [-0.25, -0.2) is 0 Å². The van der Waals surface area contributed by atoms with Gasteiger partial charge < -0.3 is 15.1 Å². The number of nitrogens with zero attached hydrogens (tertiary/aromatic N) is 4. The Hall–Kier alpha value is -3.98. The van der Waals surface area contributed by atoms with E-state index >= 15 is 0 Å². The van der Waals surface area contributed by atoms with Crippen molar-refractivity contribution in [2.75, 3.05) is 36.4 Å². The van der Waals surface area contributed by atoms with Crippen LogP contribution in [0.5, 0.6) is 0 Å². The summed E-state index contributed by atoms with van der Waals surface area (Å²) in [5.74, 6) is -0.551. The van der Waals surface area contributed by atoms with Gasteiger partial charge >= 0.3 is 0 Å². The summed E-state index contributed by atoms with van der Waals surface area (Å²) in [6.45, 7) is 2.55. The zero-order chi connectivity index (χ0) is 23.4. The van der Waals surface area contributed by atoms with Gasteiger partial charge in [0.2, 0.25) is 0 Å². The summed E-state index contributed by atoms with van der Waals surface area (Å²) in [6.07, 6.45) is 3.21. The van der Waals surface area contributed by atoms with Crippen LogP contribution in [0.4, 0.5) is 17.1 Å². The summed E-state index contributed by atoms with van der Waals surface area (Å²) >= 11 is 5.77. The molecule has 4 rings (SSSR count). The van der Waals surface area contributed by atoms with E-state index in [-0.39, 0.29) is 22.2 Å². The minimum atomic E-state index is -0.647. The number of rotatable bonds is 5. The van der Waals surface area contributed by atoms with Crippen molar-refractivity contribution in [2.45, 2.75) is 0 Å². The molecule has 33 heavy (non-hydrogen) atoms. The Kier molecular flexibility index (Phi) is 6.50. The van der Waals surface area contributed by atoms with E-state index in [2.05, 4.69) is 21.3 Å². The summed E-state index contributed by atoms with van der Waals surface area (Å²) in [5, 5.41) is 13.6. The van der Waals surface area contributed by atoms with Gasteiger partial charge in [0.15, 0.2) is 0 Å². The number of pyridine rings is 1. The van der Waals surface area contributed by atoms with Gasteiger partial charge in [0.05, 0.1) is 16.1 Å².